The SMILES string of the molecule is CN=C(NCCc1cccc(C(=O)NC)c1)NCc1cccc(COCC(F)(F)F)c1.I. The fourth-order valence-electron chi connectivity index (χ4n) is 2.86. The van der Waals surface area contributed by atoms with Crippen molar-refractivity contribution in [3.63, 3.8) is 0 Å². The van der Waals surface area contributed by atoms with E-state index in [0.717, 1.165) is 11.1 Å². The van der Waals surface area contributed by atoms with Crippen LogP contribution in [0.15, 0.2) is 53.5 Å². The molecular formula is C22H28F3IN4O2. The van der Waals surface area contributed by atoms with Crippen LogP contribution in [0, 0.1) is 0 Å². The van der Waals surface area contributed by atoms with Gasteiger partial charge in [-0.15, -0.1) is 24.0 Å². The van der Waals surface area contributed by atoms with E-state index in [1.165, 1.54) is 0 Å². The number of aliphatic imine (C=N–C) groups is 1. The second-order valence-corrected chi connectivity index (χ2v) is 6.81. The Morgan fingerprint density at radius 2 is 1.72 bits per heavy atom. The third-order valence-electron chi connectivity index (χ3n) is 4.33. The molecule has 32 heavy (non-hydrogen) atoms. The summed E-state index contributed by atoms with van der Waals surface area (Å²) in [6.45, 7) is -0.297. The first-order chi connectivity index (χ1) is 14.8. The molecule has 0 unspecified atom stereocenters. The molecule has 0 aliphatic carbocycles. The van der Waals surface area contributed by atoms with E-state index >= 15 is 0 Å². The van der Waals surface area contributed by atoms with Crippen LogP contribution in [0.3, 0.4) is 0 Å². The zero-order valence-corrected chi connectivity index (χ0v) is 20.3. The Kier molecular flexibility index (Phi) is 12.1. The molecule has 0 aliphatic rings. The Bertz CT molecular complexity index is 891. The molecular weight excluding hydrogens is 536 g/mol. The molecule has 176 valence electrons. The number of nitrogens with zero attached hydrogens (tertiary/aromatic N) is 1. The van der Waals surface area contributed by atoms with Gasteiger partial charge >= 0.3 is 6.18 Å². The first kappa shape index (κ1) is 27.7. The van der Waals surface area contributed by atoms with Crippen molar-refractivity contribution < 1.29 is 22.7 Å². The van der Waals surface area contributed by atoms with Gasteiger partial charge in [-0.2, -0.15) is 13.2 Å². The Hall–Kier alpha value is -2.34. The van der Waals surface area contributed by atoms with Crippen LogP contribution in [0.2, 0.25) is 0 Å². The highest BCUT2D eigenvalue weighted by atomic mass is 127. The van der Waals surface area contributed by atoms with Gasteiger partial charge in [0.05, 0.1) is 6.61 Å². The number of hydrogen-bond donors (Lipinski definition) is 3. The second kappa shape index (κ2) is 13.9. The average Bonchev–Trinajstić information content (AvgIpc) is 2.75. The van der Waals surface area contributed by atoms with Crippen LogP contribution in [0.4, 0.5) is 13.2 Å². The van der Waals surface area contributed by atoms with Crippen LogP contribution < -0.4 is 16.0 Å². The molecule has 3 N–H and O–H groups in total. The van der Waals surface area contributed by atoms with E-state index in [2.05, 4.69) is 20.9 Å². The summed E-state index contributed by atoms with van der Waals surface area (Å²) in [5.74, 6) is 0.472. The molecule has 10 heteroatoms. The molecule has 6 nitrogen and oxygen atoms in total. The molecule has 0 fully saturated rings. The molecule has 1 amide bonds. The van der Waals surface area contributed by atoms with Crippen molar-refractivity contribution in [3.8, 4) is 0 Å². The molecule has 2 aromatic rings. The van der Waals surface area contributed by atoms with E-state index < -0.39 is 12.8 Å². The van der Waals surface area contributed by atoms with E-state index in [4.69, 9.17) is 4.74 Å². The van der Waals surface area contributed by atoms with Crippen LogP contribution in [-0.2, 0) is 24.3 Å². The molecule has 2 aromatic carbocycles. The molecule has 0 aromatic heterocycles. The third-order valence-corrected chi connectivity index (χ3v) is 4.33. The fourth-order valence-corrected chi connectivity index (χ4v) is 2.86. The Morgan fingerprint density at radius 1 is 1.03 bits per heavy atom. The van der Waals surface area contributed by atoms with Gasteiger partial charge in [0.2, 0.25) is 0 Å². The quantitative estimate of drug-likeness (QED) is 0.247. The van der Waals surface area contributed by atoms with Crippen molar-refractivity contribution in [3.05, 3.63) is 70.8 Å². The van der Waals surface area contributed by atoms with Gasteiger partial charge < -0.3 is 20.7 Å². The van der Waals surface area contributed by atoms with Crippen LogP contribution in [-0.4, -0.2) is 45.3 Å². The van der Waals surface area contributed by atoms with Gasteiger partial charge in [-0.3, -0.25) is 9.79 Å². The number of amides is 1. The van der Waals surface area contributed by atoms with Crippen LogP contribution in [0.1, 0.15) is 27.0 Å². The highest BCUT2D eigenvalue weighted by Gasteiger charge is 2.27. The summed E-state index contributed by atoms with van der Waals surface area (Å²) < 4.78 is 41.3. The molecule has 0 saturated carbocycles. The van der Waals surface area contributed by atoms with Gasteiger partial charge in [0, 0.05) is 32.7 Å². The summed E-state index contributed by atoms with van der Waals surface area (Å²) in [7, 11) is 3.25. The number of halogens is 4. The molecule has 0 heterocycles. The zero-order chi connectivity index (χ0) is 22.7. The predicted octanol–water partition coefficient (Wildman–Crippen LogP) is 3.65. The smallest absolute Gasteiger partial charge is 0.367 e. The van der Waals surface area contributed by atoms with Gasteiger partial charge in [-0.1, -0.05) is 36.4 Å². The molecule has 0 radical (unpaired) electrons. The number of carbonyl (C=O) groups excluding carboxylic acids is 1. The van der Waals surface area contributed by atoms with E-state index in [-0.39, 0.29) is 36.5 Å². The maximum absolute atomic E-state index is 12.2. The number of nitrogens with one attached hydrogen (secondary N) is 3. The first-order valence-corrected chi connectivity index (χ1v) is 9.78. The zero-order valence-electron chi connectivity index (χ0n) is 18.0. The van der Waals surface area contributed by atoms with Gasteiger partial charge in [0.1, 0.15) is 6.61 Å². The van der Waals surface area contributed by atoms with Crippen molar-refractivity contribution in [1.29, 1.82) is 0 Å². The minimum absolute atomic E-state index is 0. The van der Waals surface area contributed by atoms with Crippen LogP contribution in [0.5, 0.6) is 0 Å². The topological polar surface area (TPSA) is 74.8 Å². The number of carbonyl (C=O) groups is 1. The summed E-state index contributed by atoms with van der Waals surface area (Å²) in [4.78, 5) is 15.9. The van der Waals surface area contributed by atoms with Crippen molar-refractivity contribution in [2.75, 3.05) is 27.2 Å². The lowest BCUT2D eigenvalue weighted by molar-refractivity contribution is -0.176. The lowest BCUT2D eigenvalue weighted by Gasteiger charge is -2.13. The molecule has 0 spiro atoms. The van der Waals surface area contributed by atoms with Crippen molar-refractivity contribution in [1.82, 2.24) is 16.0 Å². The highest BCUT2D eigenvalue weighted by Crippen LogP contribution is 2.16. The van der Waals surface area contributed by atoms with E-state index in [1.807, 2.05) is 24.3 Å². The minimum atomic E-state index is -4.33. The molecule has 0 bridgehead atoms. The Labute approximate surface area is 203 Å². The monoisotopic (exact) mass is 564 g/mol. The maximum atomic E-state index is 12.2. The number of alkyl halides is 3. The van der Waals surface area contributed by atoms with Gasteiger partial charge in [0.15, 0.2) is 5.96 Å². The first-order valence-electron chi connectivity index (χ1n) is 9.78. The molecule has 0 aliphatic heterocycles. The summed E-state index contributed by atoms with van der Waals surface area (Å²) >= 11 is 0. The second-order valence-electron chi connectivity index (χ2n) is 6.81. The number of hydrogen-bond acceptors (Lipinski definition) is 3. The van der Waals surface area contributed by atoms with Crippen LogP contribution >= 0.6 is 24.0 Å². The van der Waals surface area contributed by atoms with E-state index in [1.54, 1.807) is 38.4 Å². The average molecular weight is 564 g/mol. The fraction of sp³-hybridized carbons (Fsp3) is 0.364. The van der Waals surface area contributed by atoms with E-state index in [9.17, 15) is 18.0 Å². The normalized spacial score (nSPS) is 11.5. The molecule has 0 atom stereocenters. The van der Waals surface area contributed by atoms with Gasteiger partial charge in [-0.25, -0.2) is 0 Å². The number of ether oxygens (including phenoxy) is 1. The number of guanidine groups is 1. The van der Waals surface area contributed by atoms with Gasteiger partial charge in [-0.05, 0) is 35.2 Å². The van der Waals surface area contributed by atoms with Crippen LogP contribution in [0.25, 0.3) is 0 Å². The lowest BCUT2D eigenvalue weighted by atomic mass is 10.1. The van der Waals surface area contributed by atoms with Gasteiger partial charge in [0.25, 0.3) is 5.91 Å². The van der Waals surface area contributed by atoms with Crippen molar-refractivity contribution in [2.24, 2.45) is 4.99 Å². The summed E-state index contributed by atoms with van der Waals surface area (Å²) in [6, 6.07) is 14.6. The van der Waals surface area contributed by atoms with Crippen molar-refractivity contribution in [2.45, 2.75) is 25.7 Å². The standard InChI is InChI=1S/C22H27F3N4O2.HI/c1-26-20(30)19-8-4-5-16(12-19)9-10-28-21(27-2)29-13-17-6-3-7-18(11-17)14-31-15-22(23,24)25;/h3-8,11-12H,9-10,13-15H2,1-2H3,(H,26,30)(H2,27,28,29);1H. The number of benzene rings is 2. The lowest BCUT2D eigenvalue weighted by Crippen LogP contribution is -2.37. The van der Waals surface area contributed by atoms with Crippen molar-refractivity contribution >= 4 is 35.8 Å². The summed E-state index contributed by atoms with van der Waals surface area (Å²) in [5, 5.41) is 8.98. The summed E-state index contributed by atoms with van der Waals surface area (Å²) in [5.41, 5.74) is 3.20. The highest BCUT2D eigenvalue weighted by molar-refractivity contribution is 14.0. The third kappa shape index (κ3) is 10.3. The predicted molar refractivity (Wildman–Crippen MR) is 129 cm³/mol. The molecule has 2 rings (SSSR count). The minimum Gasteiger partial charge on any atom is -0.367 e. The Morgan fingerprint density at radius 3 is 2.41 bits per heavy atom. The molecule has 0 saturated heterocycles. The largest absolute Gasteiger partial charge is 0.411 e. The maximum Gasteiger partial charge on any atom is 0.411 e. The Balaban J connectivity index is 0.00000512. The van der Waals surface area contributed by atoms with E-state index in [0.29, 0.717) is 36.6 Å². The number of rotatable bonds is 9. The summed E-state index contributed by atoms with van der Waals surface area (Å²) in [6.07, 6.45) is -3.63.